The monoisotopic (exact) mass is 518 g/mol. The second-order valence-electron chi connectivity index (χ2n) is 10.4. The van der Waals surface area contributed by atoms with Gasteiger partial charge in [0.1, 0.15) is 17.6 Å². The molecule has 3 aliphatic rings. The minimum atomic E-state index is -1.20. The molecule has 2 unspecified atom stereocenters. The van der Waals surface area contributed by atoms with E-state index in [1.165, 1.54) is 4.90 Å². The first-order chi connectivity index (χ1) is 17.1. The molecule has 0 radical (unpaired) electrons. The molecule has 3 saturated heterocycles. The molecule has 1 aromatic rings. The topological polar surface area (TPSA) is 96.4 Å². The van der Waals surface area contributed by atoms with Crippen molar-refractivity contribution in [1.29, 1.82) is 0 Å². The number of amides is 2. The first-order valence-corrected chi connectivity index (χ1v) is 12.9. The first-order valence-electron chi connectivity index (χ1n) is 12.5. The highest BCUT2D eigenvalue weighted by molar-refractivity contribution is 6.30. The molecular weight excluding hydrogens is 484 g/mol. The average Bonchev–Trinajstić information content (AvgIpc) is 3.39. The first kappa shape index (κ1) is 26.6. The lowest BCUT2D eigenvalue weighted by molar-refractivity contribution is -0.160. The van der Waals surface area contributed by atoms with Crippen molar-refractivity contribution in [2.45, 2.75) is 63.8 Å². The van der Waals surface area contributed by atoms with Gasteiger partial charge in [-0.05, 0) is 56.9 Å². The lowest BCUT2D eigenvalue weighted by atomic mass is 9.66. The van der Waals surface area contributed by atoms with E-state index in [4.69, 9.17) is 21.1 Å². The Morgan fingerprint density at radius 1 is 1.33 bits per heavy atom. The van der Waals surface area contributed by atoms with Crippen molar-refractivity contribution < 1.29 is 29.0 Å². The fourth-order valence-corrected chi connectivity index (χ4v) is 6.56. The van der Waals surface area contributed by atoms with Crippen LogP contribution in [0.2, 0.25) is 5.02 Å². The fourth-order valence-electron chi connectivity index (χ4n) is 6.43. The number of esters is 1. The Hall–Kier alpha value is -2.42. The average molecular weight is 519 g/mol. The number of anilines is 1. The van der Waals surface area contributed by atoms with Crippen LogP contribution >= 0.6 is 11.6 Å². The van der Waals surface area contributed by atoms with E-state index in [1.54, 1.807) is 42.2 Å². The zero-order valence-electron chi connectivity index (χ0n) is 21.3. The van der Waals surface area contributed by atoms with Gasteiger partial charge in [-0.3, -0.25) is 14.4 Å². The number of halogens is 1. The number of benzene rings is 1. The lowest BCUT2D eigenvalue weighted by Crippen LogP contribution is -2.60. The Morgan fingerprint density at radius 3 is 2.56 bits per heavy atom. The lowest BCUT2D eigenvalue weighted by Gasteiger charge is -2.40. The molecule has 0 aliphatic carbocycles. The van der Waals surface area contributed by atoms with Gasteiger partial charge in [0, 0.05) is 17.3 Å². The van der Waals surface area contributed by atoms with Gasteiger partial charge in [-0.25, -0.2) is 0 Å². The van der Waals surface area contributed by atoms with Gasteiger partial charge < -0.3 is 24.4 Å². The van der Waals surface area contributed by atoms with Crippen LogP contribution in [0.3, 0.4) is 0 Å². The number of hydrogen-bond acceptors (Lipinski definition) is 6. The molecule has 196 valence electrons. The van der Waals surface area contributed by atoms with E-state index < -0.39 is 41.1 Å². The van der Waals surface area contributed by atoms with E-state index in [9.17, 15) is 19.5 Å². The van der Waals surface area contributed by atoms with Crippen LogP contribution in [0.25, 0.3) is 0 Å². The summed E-state index contributed by atoms with van der Waals surface area (Å²) in [6.07, 6.45) is 2.58. The molecule has 2 amide bonds. The zero-order chi connectivity index (χ0) is 26.4. The maximum Gasteiger partial charge on any atom is 0.312 e. The van der Waals surface area contributed by atoms with Crippen LogP contribution in [0.5, 0.6) is 0 Å². The van der Waals surface area contributed by atoms with E-state index in [2.05, 4.69) is 6.58 Å². The molecule has 3 heterocycles. The molecule has 1 N–H and O–H groups in total. The molecule has 4 rings (SSSR count). The van der Waals surface area contributed by atoms with Crippen LogP contribution < -0.4 is 4.90 Å². The van der Waals surface area contributed by atoms with Crippen LogP contribution in [0, 0.1) is 17.8 Å². The summed E-state index contributed by atoms with van der Waals surface area (Å²) < 4.78 is 12.0. The van der Waals surface area contributed by atoms with Crippen molar-refractivity contribution in [1.82, 2.24) is 4.90 Å². The highest BCUT2D eigenvalue weighted by Crippen LogP contribution is 2.64. The molecule has 3 aliphatic heterocycles. The quantitative estimate of drug-likeness (QED) is 0.398. The number of fused-ring (bicyclic) bond motifs is 1. The number of aliphatic hydroxyl groups excluding tert-OH is 1. The number of carbonyl (C=O) groups excluding carboxylic acids is 3. The summed E-state index contributed by atoms with van der Waals surface area (Å²) >= 11 is 6.08. The third-order valence-electron chi connectivity index (χ3n) is 8.02. The normalized spacial score (nSPS) is 31.5. The number of carbonyl (C=O) groups is 3. The van der Waals surface area contributed by atoms with Gasteiger partial charge in [0.05, 0.1) is 30.8 Å². The predicted molar refractivity (Wildman–Crippen MR) is 135 cm³/mol. The summed E-state index contributed by atoms with van der Waals surface area (Å²) in [5.41, 5.74) is -1.51. The minimum Gasteiger partial charge on any atom is -0.466 e. The van der Waals surface area contributed by atoms with E-state index in [-0.39, 0.29) is 37.5 Å². The number of rotatable bonds is 9. The summed E-state index contributed by atoms with van der Waals surface area (Å²) in [7, 11) is 0. The molecular formula is C27H35ClN2O6. The SMILES string of the molecule is C=CCN(C(=O)C1N([C@@H](CO)C(C)C)C(=O)[C@@H]2[C@@H](C(=O)OCC)[C@@]3(C)CCC12O3)c1ccc(Cl)cc1. The van der Waals surface area contributed by atoms with Crippen molar-refractivity contribution in [2.24, 2.45) is 17.8 Å². The van der Waals surface area contributed by atoms with Gasteiger partial charge in [-0.15, -0.1) is 6.58 Å². The molecule has 0 saturated carbocycles. The van der Waals surface area contributed by atoms with Crippen molar-refractivity contribution in [3.8, 4) is 0 Å². The smallest absolute Gasteiger partial charge is 0.312 e. The van der Waals surface area contributed by atoms with Crippen LogP contribution in [0.4, 0.5) is 5.69 Å². The van der Waals surface area contributed by atoms with Crippen LogP contribution in [0.1, 0.15) is 40.5 Å². The number of nitrogens with zero attached hydrogens (tertiary/aromatic N) is 2. The Balaban J connectivity index is 1.86. The number of hydrogen-bond donors (Lipinski definition) is 1. The van der Waals surface area contributed by atoms with Crippen LogP contribution in [-0.2, 0) is 23.9 Å². The zero-order valence-corrected chi connectivity index (χ0v) is 22.0. The molecule has 2 bridgehead atoms. The summed E-state index contributed by atoms with van der Waals surface area (Å²) in [5, 5.41) is 10.9. The van der Waals surface area contributed by atoms with E-state index >= 15 is 0 Å². The van der Waals surface area contributed by atoms with Gasteiger partial charge in [0.25, 0.3) is 5.91 Å². The molecule has 36 heavy (non-hydrogen) atoms. The summed E-state index contributed by atoms with van der Waals surface area (Å²) in [6.45, 7) is 11.2. The van der Waals surface area contributed by atoms with Gasteiger partial charge in [0.2, 0.25) is 5.91 Å². The second kappa shape index (κ2) is 9.80. The maximum absolute atomic E-state index is 14.4. The number of aliphatic hydroxyl groups is 1. The van der Waals surface area contributed by atoms with Crippen LogP contribution in [0.15, 0.2) is 36.9 Å². The largest absolute Gasteiger partial charge is 0.466 e. The predicted octanol–water partition coefficient (Wildman–Crippen LogP) is 3.20. The molecule has 1 aromatic carbocycles. The second-order valence-corrected chi connectivity index (χ2v) is 10.9. The third kappa shape index (κ3) is 3.94. The molecule has 9 heteroatoms. The van der Waals surface area contributed by atoms with Crippen molar-refractivity contribution in [3.05, 3.63) is 41.9 Å². The minimum absolute atomic E-state index is 0.137. The van der Waals surface area contributed by atoms with Crippen molar-refractivity contribution in [3.63, 3.8) is 0 Å². The van der Waals surface area contributed by atoms with Gasteiger partial charge in [-0.1, -0.05) is 31.5 Å². The molecule has 1 spiro atoms. The highest BCUT2D eigenvalue weighted by Gasteiger charge is 2.79. The number of likely N-dealkylation sites (tertiary alicyclic amines) is 1. The molecule has 0 aromatic heterocycles. The standard InChI is InChI=1S/C27H35ClN2O6/c1-6-14-29(18-10-8-17(28)9-11-18)24(33)22-27-13-12-26(5,36-27)21(25(34)35-7-2)20(27)23(32)30(22)19(15-31)16(3)4/h6,8-11,16,19-22,31H,1,7,12-15H2,2-5H3/t19-,20-,21-,22?,26+,27?/m0/s1. The van der Waals surface area contributed by atoms with Gasteiger partial charge in [0.15, 0.2) is 0 Å². The fraction of sp³-hybridized carbons (Fsp3) is 0.593. The molecule has 3 fully saturated rings. The van der Waals surface area contributed by atoms with Crippen LogP contribution in [-0.4, -0.2) is 70.8 Å². The Morgan fingerprint density at radius 2 is 2.00 bits per heavy atom. The van der Waals surface area contributed by atoms with E-state index in [1.807, 2.05) is 20.8 Å². The Labute approximate surface area is 217 Å². The van der Waals surface area contributed by atoms with Crippen molar-refractivity contribution >= 4 is 35.1 Å². The summed E-state index contributed by atoms with van der Waals surface area (Å²) in [6, 6.07) is 5.22. The Bertz CT molecular complexity index is 1050. The third-order valence-corrected chi connectivity index (χ3v) is 8.27. The maximum atomic E-state index is 14.4. The van der Waals surface area contributed by atoms with Gasteiger partial charge in [-0.2, -0.15) is 0 Å². The van der Waals surface area contributed by atoms with Crippen molar-refractivity contribution in [2.75, 3.05) is 24.7 Å². The highest BCUT2D eigenvalue weighted by atomic mass is 35.5. The van der Waals surface area contributed by atoms with E-state index in [0.717, 1.165) is 0 Å². The molecule has 8 nitrogen and oxygen atoms in total. The summed E-state index contributed by atoms with van der Waals surface area (Å²) in [4.78, 5) is 44.7. The van der Waals surface area contributed by atoms with E-state index in [0.29, 0.717) is 23.6 Å². The summed E-state index contributed by atoms with van der Waals surface area (Å²) in [5.74, 6) is -3.01. The Kier molecular flexibility index (Phi) is 7.25. The number of ether oxygens (including phenoxy) is 2. The van der Waals surface area contributed by atoms with Gasteiger partial charge >= 0.3 is 5.97 Å². The molecule has 6 atom stereocenters.